The van der Waals surface area contributed by atoms with Gasteiger partial charge in [-0.05, 0) is 97.9 Å². The summed E-state index contributed by atoms with van der Waals surface area (Å²) in [6, 6.07) is 76.5. The second-order valence-corrected chi connectivity index (χ2v) is 14.5. The van der Waals surface area contributed by atoms with E-state index in [1.165, 1.54) is 49.2 Å². The Bertz CT molecular complexity index is 3250. The van der Waals surface area contributed by atoms with E-state index in [4.69, 9.17) is 4.42 Å². The second-order valence-electron chi connectivity index (χ2n) is 14.5. The number of hydrogen-bond donors (Lipinski definition) is 0. The lowest BCUT2D eigenvalue weighted by Crippen LogP contribution is -2.11. The Morgan fingerprint density at radius 1 is 0.304 bits per heavy atom. The molecule has 1 aromatic heterocycles. The average molecular weight is 714 g/mol. The molecule has 11 rings (SSSR count). The Kier molecular flexibility index (Phi) is 7.53. The fourth-order valence-electron chi connectivity index (χ4n) is 8.54. The molecule has 262 valence electrons. The van der Waals surface area contributed by atoms with Gasteiger partial charge in [0.15, 0.2) is 0 Å². The van der Waals surface area contributed by atoms with Crippen molar-refractivity contribution >= 4 is 71.3 Å². The number of rotatable bonds is 6. The molecule has 0 saturated heterocycles. The summed E-state index contributed by atoms with van der Waals surface area (Å²) in [5, 5.41) is 9.47. The normalized spacial score (nSPS) is 11.6. The van der Waals surface area contributed by atoms with E-state index in [0.29, 0.717) is 0 Å². The third kappa shape index (κ3) is 5.34. The van der Waals surface area contributed by atoms with E-state index < -0.39 is 0 Å². The molecule has 56 heavy (non-hydrogen) atoms. The number of benzene rings is 10. The lowest BCUT2D eigenvalue weighted by Gasteiger charge is -2.29. The molecular weight excluding hydrogens is 679 g/mol. The minimum atomic E-state index is 0.892. The van der Waals surface area contributed by atoms with Gasteiger partial charge in [-0.25, -0.2) is 0 Å². The van der Waals surface area contributed by atoms with Crippen LogP contribution in [0.1, 0.15) is 0 Å². The van der Waals surface area contributed by atoms with E-state index in [1.807, 2.05) is 0 Å². The highest BCUT2D eigenvalue weighted by molar-refractivity contribution is 6.16. The predicted octanol–water partition coefficient (Wildman–Crippen LogP) is 15.5. The summed E-state index contributed by atoms with van der Waals surface area (Å²) in [6.07, 6.45) is 0. The zero-order valence-electron chi connectivity index (χ0n) is 30.6. The number of nitrogens with zero attached hydrogens (tertiary/aromatic N) is 1. The minimum absolute atomic E-state index is 0.892. The molecular formula is C54H35NO. The molecule has 1 heterocycles. The fraction of sp³-hybridized carbons (Fsp3) is 0. The Balaban J connectivity index is 1.05. The summed E-state index contributed by atoms with van der Waals surface area (Å²) < 4.78 is 6.51. The SMILES string of the molecule is c1cc(-c2ccc(N(c3ccccc3-c3ccc4oc5c6ccccc6ccc5c4c3)c3cccc4ccccc34)cc2)cc(-c2cccc3ccccc23)c1. The van der Waals surface area contributed by atoms with Gasteiger partial charge in [0.1, 0.15) is 11.2 Å². The van der Waals surface area contributed by atoms with Crippen molar-refractivity contribution in [1.29, 1.82) is 0 Å². The molecule has 0 saturated carbocycles. The van der Waals surface area contributed by atoms with Crippen LogP contribution in [0.3, 0.4) is 0 Å². The Morgan fingerprint density at radius 3 is 1.71 bits per heavy atom. The molecule has 0 aliphatic carbocycles. The molecule has 0 amide bonds. The van der Waals surface area contributed by atoms with Crippen LogP contribution in [0.15, 0.2) is 217 Å². The van der Waals surface area contributed by atoms with Crippen LogP contribution in [0.25, 0.3) is 87.6 Å². The topological polar surface area (TPSA) is 16.4 Å². The molecule has 0 aliphatic rings. The first-order valence-electron chi connectivity index (χ1n) is 19.2. The van der Waals surface area contributed by atoms with Crippen LogP contribution in [0, 0.1) is 0 Å². The molecule has 0 atom stereocenters. The molecule has 0 bridgehead atoms. The standard InChI is InChI=1S/C54H35NO/c1-4-19-44-37(12-1)15-10-23-45(44)41-18-9-17-40(34-41)36-26-30-43(31-27-36)55(52-25-11-16-38-13-2-5-20-46(38)52)51-24-8-7-21-47(51)42-29-33-53-50(35-42)49-32-28-39-14-3-6-22-48(39)54(49)56-53/h1-35H. The molecule has 0 aliphatic heterocycles. The third-order valence-electron chi connectivity index (χ3n) is 11.2. The quantitative estimate of drug-likeness (QED) is 0.171. The highest BCUT2D eigenvalue weighted by Crippen LogP contribution is 2.45. The maximum atomic E-state index is 6.51. The molecule has 2 nitrogen and oxygen atoms in total. The first-order valence-corrected chi connectivity index (χ1v) is 19.2. The van der Waals surface area contributed by atoms with Crippen LogP contribution in [-0.2, 0) is 0 Å². The summed E-state index contributed by atoms with van der Waals surface area (Å²) in [5.41, 5.74) is 12.2. The van der Waals surface area contributed by atoms with Crippen LogP contribution in [0.5, 0.6) is 0 Å². The highest BCUT2D eigenvalue weighted by atomic mass is 16.3. The summed E-state index contributed by atoms with van der Waals surface area (Å²) >= 11 is 0. The van der Waals surface area contributed by atoms with Crippen LogP contribution < -0.4 is 4.90 Å². The predicted molar refractivity (Wildman–Crippen MR) is 237 cm³/mol. The van der Waals surface area contributed by atoms with Crippen molar-refractivity contribution in [2.75, 3.05) is 4.90 Å². The smallest absolute Gasteiger partial charge is 0.143 e. The van der Waals surface area contributed by atoms with E-state index in [-0.39, 0.29) is 0 Å². The molecule has 0 N–H and O–H groups in total. The van der Waals surface area contributed by atoms with Gasteiger partial charge in [0.25, 0.3) is 0 Å². The van der Waals surface area contributed by atoms with Crippen molar-refractivity contribution < 1.29 is 4.42 Å². The van der Waals surface area contributed by atoms with Gasteiger partial charge in [-0.15, -0.1) is 0 Å². The summed E-state index contributed by atoms with van der Waals surface area (Å²) in [7, 11) is 0. The van der Waals surface area contributed by atoms with Gasteiger partial charge in [0, 0.05) is 32.8 Å². The van der Waals surface area contributed by atoms with Crippen molar-refractivity contribution in [3.8, 4) is 33.4 Å². The monoisotopic (exact) mass is 713 g/mol. The van der Waals surface area contributed by atoms with Gasteiger partial charge < -0.3 is 9.32 Å². The van der Waals surface area contributed by atoms with Gasteiger partial charge in [-0.1, -0.05) is 164 Å². The average Bonchev–Trinajstić information content (AvgIpc) is 3.65. The van der Waals surface area contributed by atoms with Gasteiger partial charge in [-0.2, -0.15) is 0 Å². The molecule has 10 aromatic carbocycles. The number of furan rings is 1. The van der Waals surface area contributed by atoms with E-state index in [1.54, 1.807) is 0 Å². The van der Waals surface area contributed by atoms with Crippen molar-refractivity contribution in [3.05, 3.63) is 212 Å². The van der Waals surface area contributed by atoms with Crippen molar-refractivity contribution in [2.45, 2.75) is 0 Å². The van der Waals surface area contributed by atoms with E-state index >= 15 is 0 Å². The molecule has 2 heteroatoms. The number of hydrogen-bond acceptors (Lipinski definition) is 2. The van der Waals surface area contributed by atoms with Crippen LogP contribution >= 0.6 is 0 Å². The van der Waals surface area contributed by atoms with Crippen molar-refractivity contribution in [1.82, 2.24) is 0 Å². The number of anilines is 3. The zero-order valence-corrected chi connectivity index (χ0v) is 30.6. The van der Waals surface area contributed by atoms with Crippen LogP contribution in [0.2, 0.25) is 0 Å². The molecule has 0 radical (unpaired) electrons. The molecule has 11 aromatic rings. The lowest BCUT2D eigenvalue weighted by molar-refractivity contribution is 0.672. The fourth-order valence-corrected chi connectivity index (χ4v) is 8.54. The van der Waals surface area contributed by atoms with Gasteiger partial charge in [0.2, 0.25) is 0 Å². The van der Waals surface area contributed by atoms with Crippen molar-refractivity contribution in [3.63, 3.8) is 0 Å². The Hall–Kier alpha value is -7.42. The maximum Gasteiger partial charge on any atom is 0.143 e. The maximum absolute atomic E-state index is 6.51. The van der Waals surface area contributed by atoms with E-state index in [0.717, 1.165) is 55.5 Å². The van der Waals surface area contributed by atoms with Gasteiger partial charge >= 0.3 is 0 Å². The summed E-state index contributed by atoms with van der Waals surface area (Å²) in [6.45, 7) is 0. The first kappa shape index (κ1) is 32.0. The molecule has 0 spiro atoms. The Labute approximate surface area is 325 Å². The highest BCUT2D eigenvalue weighted by Gasteiger charge is 2.20. The molecule has 0 fully saturated rings. The molecule has 0 unspecified atom stereocenters. The van der Waals surface area contributed by atoms with E-state index in [9.17, 15) is 0 Å². The van der Waals surface area contributed by atoms with Gasteiger partial charge in [0.05, 0.1) is 11.4 Å². The lowest BCUT2D eigenvalue weighted by atomic mass is 9.95. The summed E-state index contributed by atoms with van der Waals surface area (Å²) in [5.74, 6) is 0. The minimum Gasteiger partial charge on any atom is -0.455 e. The second kappa shape index (κ2) is 13.2. The van der Waals surface area contributed by atoms with Crippen LogP contribution in [0.4, 0.5) is 17.1 Å². The van der Waals surface area contributed by atoms with Gasteiger partial charge in [-0.3, -0.25) is 0 Å². The largest absolute Gasteiger partial charge is 0.455 e. The first-order chi connectivity index (χ1) is 27.8. The third-order valence-corrected chi connectivity index (χ3v) is 11.2. The number of fused-ring (bicyclic) bond motifs is 7. The summed E-state index contributed by atoms with van der Waals surface area (Å²) in [4.78, 5) is 2.42. The number of para-hydroxylation sites is 1. The van der Waals surface area contributed by atoms with Crippen LogP contribution in [-0.4, -0.2) is 0 Å². The Morgan fingerprint density at radius 2 is 0.875 bits per heavy atom. The zero-order chi connectivity index (χ0) is 37.0. The van der Waals surface area contributed by atoms with E-state index in [2.05, 4.69) is 217 Å². The van der Waals surface area contributed by atoms with Crippen molar-refractivity contribution in [2.24, 2.45) is 0 Å².